The third-order valence-electron chi connectivity index (χ3n) is 2.61. The summed E-state index contributed by atoms with van der Waals surface area (Å²) in [5.74, 6) is 1.58. The molecule has 0 heterocycles. The topological polar surface area (TPSA) is 47.9 Å². The zero-order valence-corrected chi connectivity index (χ0v) is 10.7. The van der Waals surface area contributed by atoms with Crippen molar-refractivity contribution in [1.82, 2.24) is 0 Å². The van der Waals surface area contributed by atoms with E-state index in [0.717, 1.165) is 29.0 Å². The Morgan fingerprint density at radius 3 is 2.41 bits per heavy atom. The first-order valence-electron chi connectivity index (χ1n) is 5.61. The molecule has 0 aliphatic rings. The van der Waals surface area contributed by atoms with Gasteiger partial charge in [0.2, 0.25) is 0 Å². The molecule has 0 unspecified atom stereocenters. The Balaban J connectivity index is 3.12. The minimum absolute atomic E-state index is 0.154. The van der Waals surface area contributed by atoms with Gasteiger partial charge in [0, 0.05) is 24.8 Å². The highest BCUT2D eigenvalue weighted by Gasteiger charge is 2.14. The molecule has 0 radical (unpaired) electrons. The van der Waals surface area contributed by atoms with Gasteiger partial charge in [-0.25, -0.2) is 0 Å². The van der Waals surface area contributed by atoms with Crippen LogP contribution in [0.15, 0.2) is 12.1 Å². The molecule has 0 saturated carbocycles. The molecule has 0 atom stereocenters. The quantitative estimate of drug-likeness (QED) is 0.789. The molecular formula is C13H20O4. The molecule has 0 bridgehead atoms. The summed E-state index contributed by atoms with van der Waals surface area (Å²) in [4.78, 5) is 0. The molecule has 0 fully saturated rings. The number of ether oxygens (including phenoxy) is 3. The zero-order chi connectivity index (χ0) is 12.7. The molecule has 96 valence electrons. The number of aliphatic hydroxyl groups excluding tert-OH is 1. The van der Waals surface area contributed by atoms with Gasteiger partial charge in [0.15, 0.2) is 0 Å². The molecule has 4 nitrogen and oxygen atoms in total. The number of methoxy groups -OCH3 is 3. The van der Waals surface area contributed by atoms with Gasteiger partial charge < -0.3 is 19.3 Å². The molecular weight excluding hydrogens is 220 g/mol. The predicted molar refractivity (Wildman–Crippen MR) is 65.7 cm³/mol. The van der Waals surface area contributed by atoms with Crippen molar-refractivity contribution in [2.45, 2.75) is 19.4 Å². The SMILES string of the molecule is COCc1ccc(OC)c(CCCO)c1OC. The smallest absolute Gasteiger partial charge is 0.131 e. The van der Waals surface area contributed by atoms with Crippen LogP contribution in [0.3, 0.4) is 0 Å². The standard InChI is InChI=1S/C13H20O4/c1-15-9-10-6-7-12(16-2)11(5-4-8-14)13(10)17-3/h6-7,14H,4-5,8-9H2,1-3H3. The molecule has 0 saturated heterocycles. The average Bonchev–Trinajstić information content (AvgIpc) is 2.36. The highest BCUT2D eigenvalue weighted by molar-refractivity contribution is 5.50. The molecule has 1 N–H and O–H groups in total. The molecule has 1 rings (SSSR count). The third-order valence-corrected chi connectivity index (χ3v) is 2.61. The minimum atomic E-state index is 0.154. The van der Waals surface area contributed by atoms with Crippen LogP contribution in [0.5, 0.6) is 11.5 Å². The van der Waals surface area contributed by atoms with Crippen LogP contribution in [-0.4, -0.2) is 33.0 Å². The maximum atomic E-state index is 8.92. The highest BCUT2D eigenvalue weighted by atomic mass is 16.5. The first-order valence-corrected chi connectivity index (χ1v) is 5.61. The van der Waals surface area contributed by atoms with Gasteiger partial charge in [0.1, 0.15) is 11.5 Å². The van der Waals surface area contributed by atoms with E-state index in [1.165, 1.54) is 0 Å². The second-order valence-electron chi connectivity index (χ2n) is 3.70. The molecule has 1 aromatic rings. The highest BCUT2D eigenvalue weighted by Crippen LogP contribution is 2.33. The maximum absolute atomic E-state index is 8.92. The number of rotatable bonds is 7. The Hall–Kier alpha value is -1.26. The molecule has 1 aromatic carbocycles. The van der Waals surface area contributed by atoms with E-state index in [4.69, 9.17) is 19.3 Å². The van der Waals surface area contributed by atoms with Gasteiger partial charge in [-0.1, -0.05) is 0 Å². The van der Waals surface area contributed by atoms with Crippen molar-refractivity contribution < 1.29 is 19.3 Å². The summed E-state index contributed by atoms with van der Waals surface area (Å²) < 4.78 is 15.9. The van der Waals surface area contributed by atoms with Crippen molar-refractivity contribution in [3.8, 4) is 11.5 Å². The third kappa shape index (κ3) is 3.35. The summed E-state index contributed by atoms with van der Waals surface area (Å²) in [5, 5.41) is 8.92. The summed E-state index contributed by atoms with van der Waals surface area (Å²) in [6.07, 6.45) is 1.41. The van der Waals surface area contributed by atoms with Gasteiger partial charge in [-0.2, -0.15) is 0 Å². The lowest BCUT2D eigenvalue weighted by Crippen LogP contribution is -2.02. The summed E-state index contributed by atoms with van der Waals surface area (Å²) in [7, 11) is 4.92. The zero-order valence-electron chi connectivity index (χ0n) is 10.7. The van der Waals surface area contributed by atoms with E-state index in [2.05, 4.69) is 0 Å². The van der Waals surface area contributed by atoms with E-state index in [9.17, 15) is 0 Å². The first kappa shape index (κ1) is 13.8. The van der Waals surface area contributed by atoms with Crippen molar-refractivity contribution in [3.63, 3.8) is 0 Å². The minimum Gasteiger partial charge on any atom is -0.496 e. The molecule has 0 amide bonds. The van der Waals surface area contributed by atoms with Crippen LogP contribution in [0.4, 0.5) is 0 Å². The Morgan fingerprint density at radius 2 is 1.88 bits per heavy atom. The van der Waals surface area contributed by atoms with Gasteiger partial charge in [-0.05, 0) is 25.0 Å². The summed E-state index contributed by atoms with van der Waals surface area (Å²) in [6.45, 7) is 0.653. The van der Waals surface area contributed by atoms with E-state index < -0.39 is 0 Å². The lowest BCUT2D eigenvalue weighted by atomic mass is 10.0. The van der Waals surface area contributed by atoms with Crippen LogP contribution < -0.4 is 9.47 Å². The van der Waals surface area contributed by atoms with Gasteiger partial charge >= 0.3 is 0 Å². The largest absolute Gasteiger partial charge is 0.496 e. The van der Waals surface area contributed by atoms with Gasteiger partial charge in [0.05, 0.1) is 20.8 Å². The molecule has 4 heteroatoms. The van der Waals surface area contributed by atoms with Crippen molar-refractivity contribution in [2.75, 3.05) is 27.9 Å². The summed E-state index contributed by atoms with van der Waals surface area (Å²) >= 11 is 0. The molecule has 0 aliphatic heterocycles. The first-order chi connectivity index (χ1) is 8.28. The molecule has 0 spiro atoms. The van der Waals surface area contributed by atoms with Crippen molar-refractivity contribution in [2.24, 2.45) is 0 Å². The monoisotopic (exact) mass is 240 g/mol. The molecule has 17 heavy (non-hydrogen) atoms. The van der Waals surface area contributed by atoms with Crippen LogP contribution in [-0.2, 0) is 17.8 Å². The van der Waals surface area contributed by atoms with E-state index in [-0.39, 0.29) is 6.61 Å². The Kier molecular flexibility index (Phi) is 5.80. The number of hydrogen-bond donors (Lipinski definition) is 1. The molecule has 0 aliphatic carbocycles. The Morgan fingerprint density at radius 1 is 1.12 bits per heavy atom. The Labute approximate surface area is 102 Å². The fraction of sp³-hybridized carbons (Fsp3) is 0.538. The molecule has 0 aromatic heterocycles. The lowest BCUT2D eigenvalue weighted by Gasteiger charge is -2.16. The van der Waals surface area contributed by atoms with Gasteiger partial charge in [-0.15, -0.1) is 0 Å². The second-order valence-corrected chi connectivity index (χ2v) is 3.70. The summed E-state index contributed by atoms with van der Waals surface area (Å²) in [6, 6.07) is 3.84. The van der Waals surface area contributed by atoms with Gasteiger partial charge in [0.25, 0.3) is 0 Å². The fourth-order valence-corrected chi connectivity index (χ4v) is 1.87. The van der Waals surface area contributed by atoms with Crippen molar-refractivity contribution >= 4 is 0 Å². The van der Waals surface area contributed by atoms with Crippen LogP contribution in [0.2, 0.25) is 0 Å². The van der Waals surface area contributed by atoms with Crippen molar-refractivity contribution in [1.29, 1.82) is 0 Å². The van der Waals surface area contributed by atoms with E-state index in [1.54, 1.807) is 21.3 Å². The Bertz CT molecular complexity index is 350. The van der Waals surface area contributed by atoms with Crippen LogP contribution >= 0.6 is 0 Å². The summed E-state index contributed by atoms with van der Waals surface area (Å²) in [5.41, 5.74) is 1.97. The van der Waals surface area contributed by atoms with E-state index in [0.29, 0.717) is 13.0 Å². The number of hydrogen-bond acceptors (Lipinski definition) is 4. The fourth-order valence-electron chi connectivity index (χ4n) is 1.87. The predicted octanol–water partition coefficient (Wildman–Crippen LogP) is 1.78. The van der Waals surface area contributed by atoms with E-state index in [1.807, 2.05) is 12.1 Å². The van der Waals surface area contributed by atoms with Crippen LogP contribution in [0.25, 0.3) is 0 Å². The number of aliphatic hydroxyl groups is 1. The average molecular weight is 240 g/mol. The number of benzene rings is 1. The van der Waals surface area contributed by atoms with Crippen molar-refractivity contribution in [3.05, 3.63) is 23.3 Å². The normalized spacial score (nSPS) is 10.4. The second kappa shape index (κ2) is 7.14. The van der Waals surface area contributed by atoms with Crippen LogP contribution in [0, 0.1) is 0 Å². The van der Waals surface area contributed by atoms with E-state index >= 15 is 0 Å². The lowest BCUT2D eigenvalue weighted by molar-refractivity contribution is 0.181. The van der Waals surface area contributed by atoms with Crippen LogP contribution in [0.1, 0.15) is 17.5 Å². The van der Waals surface area contributed by atoms with Gasteiger partial charge in [-0.3, -0.25) is 0 Å². The maximum Gasteiger partial charge on any atom is 0.131 e.